The highest BCUT2D eigenvalue weighted by atomic mass is 19.1. The zero-order chi connectivity index (χ0) is 18.9. The number of rotatable bonds is 11. The standard InChI is InChI=1S/C14H22FNO3.C2H2O4/c1-17-9-2-7-16-8-10-18-11-12-19-14-5-3-13(15)4-6-14;3-1(4)2(5)6/h3-6,16H,2,7-12H2,1H3;(H,3,4)(H,5,6). The number of nitrogens with one attached hydrogen (secondary N) is 1. The number of aliphatic carboxylic acids is 2. The third-order valence-electron chi connectivity index (χ3n) is 2.62. The predicted octanol–water partition coefficient (Wildman–Crippen LogP) is 1.00. The van der Waals surface area contributed by atoms with Crippen LogP contribution in [0.5, 0.6) is 5.75 Å². The molecule has 142 valence electrons. The fraction of sp³-hybridized carbons (Fsp3) is 0.500. The summed E-state index contributed by atoms with van der Waals surface area (Å²) in [5, 5.41) is 18.0. The lowest BCUT2D eigenvalue weighted by atomic mass is 10.3. The number of benzene rings is 1. The van der Waals surface area contributed by atoms with Crippen LogP contribution in [0.2, 0.25) is 0 Å². The van der Waals surface area contributed by atoms with Crippen LogP contribution in [0.1, 0.15) is 6.42 Å². The molecule has 3 N–H and O–H groups in total. The second-order valence-electron chi connectivity index (χ2n) is 4.62. The van der Waals surface area contributed by atoms with Gasteiger partial charge in [0, 0.05) is 20.3 Å². The van der Waals surface area contributed by atoms with Gasteiger partial charge >= 0.3 is 11.9 Å². The molecule has 1 rings (SSSR count). The van der Waals surface area contributed by atoms with E-state index >= 15 is 0 Å². The van der Waals surface area contributed by atoms with Gasteiger partial charge in [-0.25, -0.2) is 14.0 Å². The molecule has 0 saturated carbocycles. The third kappa shape index (κ3) is 15.1. The minimum Gasteiger partial charge on any atom is -0.491 e. The SMILES string of the molecule is COCCCNCCOCCOc1ccc(F)cc1.O=C(O)C(=O)O. The van der Waals surface area contributed by atoms with Gasteiger partial charge in [0.05, 0.1) is 13.2 Å². The van der Waals surface area contributed by atoms with Crippen molar-refractivity contribution in [3.8, 4) is 5.75 Å². The van der Waals surface area contributed by atoms with Gasteiger partial charge in [0.25, 0.3) is 0 Å². The Morgan fingerprint density at radius 1 is 1.00 bits per heavy atom. The number of hydrogen-bond acceptors (Lipinski definition) is 6. The van der Waals surface area contributed by atoms with Gasteiger partial charge in [0.15, 0.2) is 0 Å². The fourth-order valence-corrected chi connectivity index (χ4v) is 1.46. The van der Waals surface area contributed by atoms with E-state index < -0.39 is 11.9 Å². The first-order valence-corrected chi connectivity index (χ1v) is 7.59. The Labute approximate surface area is 145 Å². The molecule has 0 radical (unpaired) electrons. The average molecular weight is 361 g/mol. The molecular weight excluding hydrogens is 337 g/mol. The molecule has 8 nitrogen and oxygen atoms in total. The molecule has 0 aliphatic rings. The van der Waals surface area contributed by atoms with Crippen LogP contribution in [0.15, 0.2) is 24.3 Å². The number of carboxylic acid groups (broad SMARTS) is 2. The van der Waals surface area contributed by atoms with Crippen LogP contribution >= 0.6 is 0 Å². The van der Waals surface area contributed by atoms with Crippen molar-refractivity contribution < 1.29 is 38.4 Å². The highest BCUT2D eigenvalue weighted by Gasteiger charge is 2.04. The maximum Gasteiger partial charge on any atom is 0.414 e. The van der Waals surface area contributed by atoms with Gasteiger partial charge in [0.1, 0.15) is 18.2 Å². The maximum absolute atomic E-state index is 12.6. The van der Waals surface area contributed by atoms with E-state index in [2.05, 4.69) is 5.32 Å². The van der Waals surface area contributed by atoms with E-state index in [9.17, 15) is 4.39 Å². The minimum atomic E-state index is -1.82. The minimum absolute atomic E-state index is 0.261. The van der Waals surface area contributed by atoms with Crippen molar-refractivity contribution in [1.82, 2.24) is 5.32 Å². The van der Waals surface area contributed by atoms with E-state index in [1.165, 1.54) is 12.1 Å². The second kappa shape index (κ2) is 15.3. The molecule has 0 amide bonds. The van der Waals surface area contributed by atoms with Crippen molar-refractivity contribution >= 4 is 11.9 Å². The van der Waals surface area contributed by atoms with E-state index in [0.717, 1.165) is 26.1 Å². The molecular formula is C16H24FNO7. The van der Waals surface area contributed by atoms with Crippen LogP contribution in [0.4, 0.5) is 4.39 Å². The van der Waals surface area contributed by atoms with Gasteiger partial charge in [-0.05, 0) is 37.2 Å². The summed E-state index contributed by atoms with van der Waals surface area (Å²) in [6, 6.07) is 5.96. The summed E-state index contributed by atoms with van der Waals surface area (Å²) < 4.78 is 28.4. The number of carboxylic acids is 2. The smallest absolute Gasteiger partial charge is 0.414 e. The van der Waals surface area contributed by atoms with Crippen LogP contribution in [0.3, 0.4) is 0 Å². The zero-order valence-corrected chi connectivity index (χ0v) is 14.1. The van der Waals surface area contributed by atoms with Crippen LogP contribution in [0.25, 0.3) is 0 Å². The molecule has 0 heterocycles. The highest BCUT2D eigenvalue weighted by molar-refractivity contribution is 6.27. The van der Waals surface area contributed by atoms with Gasteiger partial charge in [-0.3, -0.25) is 0 Å². The first kappa shape index (κ1) is 22.8. The topological polar surface area (TPSA) is 114 Å². The molecule has 0 aliphatic carbocycles. The van der Waals surface area contributed by atoms with Crippen LogP contribution in [0, 0.1) is 5.82 Å². The maximum atomic E-state index is 12.6. The molecule has 0 aromatic heterocycles. The van der Waals surface area contributed by atoms with Crippen molar-refractivity contribution in [2.75, 3.05) is 46.6 Å². The van der Waals surface area contributed by atoms with Crippen molar-refractivity contribution in [3.63, 3.8) is 0 Å². The summed E-state index contributed by atoms with van der Waals surface area (Å²) in [4.78, 5) is 18.2. The molecule has 0 spiro atoms. The molecule has 25 heavy (non-hydrogen) atoms. The van der Waals surface area contributed by atoms with Crippen LogP contribution < -0.4 is 10.1 Å². The first-order valence-electron chi connectivity index (χ1n) is 7.59. The summed E-state index contributed by atoms with van der Waals surface area (Å²) in [6.45, 7) is 4.18. The molecule has 0 aliphatic heterocycles. The quantitative estimate of drug-likeness (QED) is 0.395. The van der Waals surface area contributed by atoms with E-state index in [4.69, 9.17) is 34.0 Å². The summed E-state index contributed by atoms with van der Waals surface area (Å²) in [5.74, 6) is -3.25. The molecule has 0 saturated heterocycles. The molecule has 1 aromatic rings. The predicted molar refractivity (Wildman–Crippen MR) is 87.3 cm³/mol. The van der Waals surface area contributed by atoms with Crippen molar-refractivity contribution in [1.29, 1.82) is 0 Å². The second-order valence-corrected chi connectivity index (χ2v) is 4.62. The molecule has 0 unspecified atom stereocenters. The van der Waals surface area contributed by atoms with Crippen molar-refractivity contribution in [2.24, 2.45) is 0 Å². The Hall–Kier alpha value is -2.23. The van der Waals surface area contributed by atoms with E-state index in [1.807, 2.05) is 0 Å². The first-order chi connectivity index (χ1) is 12.0. The third-order valence-corrected chi connectivity index (χ3v) is 2.62. The average Bonchev–Trinajstić information content (AvgIpc) is 2.58. The summed E-state index contributed by atoms with van der Waals surface area (Å²) >= 11 is 0. The zero-order valence-electron chi connectivity index (χ0n) is 14.1. The summed E-state index contributed by atoms with van der Waals surface area (Å²) in [5.41, 5.74) is 0. The molecule has 0 bridgehead atoms. The lowest BCUT2D eigenvalue weighted by Crippen LogP contribution is -2.22. The van der Waals surface area contributed by atoms with Crippen molar-refractivity contribution in [2.45, 2.75) is 6.42 Å². The molecule has 1 aromatic carbocycles. The summed E-state index contributed by atoms with van der Waals surface area (Å²) in [6.07, 6.45) is 1.00. The van der Waals surface area contributed by atoms with E-state index in [-0.39, 0.29) is 5.82 Å². The Bertz CT molecular complexity index is 470. The van der Waals surface area contributed by atoms with Crippen molar-refractivity contribution in [3.05, 3.63) is 30.1 Å². The van der Waals surface area contributed by atoms with Gasteiger partial charge in [-0.2, -0.15) is 0 Å². The number of ether oxygens (including phenoxy) is 3. The lowest BCUT2D eigenvalue weighted by molar-refractivity contribution is -0.159. The molecule has 9 heteroatoms. The van der Waals surface area contributed by atoms with Gasteiger partial charge in [-0.1, -0.05) is 0 Å². The van der Waals surface area contributed by atoms with Crippen LogP contribution in [-0.2, 0) is 19.1 Å². The number of halogens is 1. The monoisotopic (exact) mass is 361 g/mol. The van der Waals surface area contributed by atoms with Crippen LogP contribution in [-0.4, -0.2) is 68.8 Å². The normalized spacial score (nSPS) is 9.84. The van der Waals surface area contributed by atoms with E-state index in [1.54, 1.807) is 19.2 Å². The highest BCUT2D eigenvalue weighted by Crippen LogP contribution is 2.10. The Morgan fingerprint density at radius 3 is 2.20 bits per heavy atom. The molecule has 0 fully saturated rings. The fourth-order valence-electron chi connectivity index (χ4n) is 1.46. The number of hydrogen-bond donors (Lipinski definition) is 3. The van der Waals surface area contributed by atoms with E-state index in [0.29, 0.717) is 25.6 Å². The largest absolute Gasteiger partial charge is 0.491 e. The lowest BCUT2D eigenvalue weighted by Gasteiger charge is -2.08. The Morgan fingerprint density at radius 2 is 1.64 bits per heavy atom. The molecule has 0 atom stereocenters. The van der Waals surface area contributed by atoms with Gasteiger partial charge in [0.2, 0.25) is 0 Å². The Kier molecular flexibility index (Phi) is 13.9. The number of carbonyl (C=O) groups is 2. The van der Waals surface area contributed by atoms with Gasteiger partial charge in [-0.15, -0.1) is 0 Å². The summed E-state index contributed by atoms with van der Waals surface area (Å²) in [7, 11) is 1.70. The Balaban J connectivity index is 0.000000823. The van der Waals surface area contributed by atoms with Gasteiger partial charge < -0.3 is 29.7 Å². The number of methoxy groups -OCH3 is 1.